The molecule has 1 atom stereocenters. The molecule has 4 heteroatoms. The van der Waals surface area contributed by atoms with Crippen LogP contribution in [0.25, 0.3) is 0 Å². The lowest BCUT2D eigenvalue weighted by atomic mass is 9.88. The van der Waals surface area contributed by atoms with Gasteiger partial charge in [0.15, 0.2) is 0 Å². The molecule has 1 heterocycles. The molecule has 0 spiro atoms. The van der Waals surface area contributed by atoms with Crippen LogP contribution >= 0.6 is 0 Å². The Morgan fingerprint density at radius 2 is 2.12 bits per heavy atom. The van der Waals surface area contributed by atoms with Crippen molar-refractivity contribution >= 4 is 0 Å². The van der Waals surface area contributed by atoms with Crippen molar-refractivity contribution in [1.29, 1.82) is 0 Å². The molecule has 1 saturated heterocycles. The fourth-order valence-corrected chi connectivity index (χ4v) is 2.36. The summed E-state index contributed by atoms with van der Waals surface area (Å²) < 4.78 is 27.6. The van der Waals surface area contributed by atoms with Gasteiger partial charge in [0, 0.05) is 12.5 Å². The normalized spacial score (nSPS) is 26.2. The molecule has 16 heavy (non-hydrogen) atoms. The van der Waals surface area contributed by atoms with Crippen molar-refractivity contribution in [1.82, 2.24) is 4.90 Å². The van der Waals surface area contributed by atoms with Gasteiger partial charge in [0.05, 0.1) is 6.54 Å². The van der Waals surface area contributed by atoms with Crippen LogP contribution < -0.4 is 5.73 Å². The first-order valence-electron chi connectivity index (χ1n) is 6.05. The Hall–Kier alpha value is -0.220. The molecule has 0 aliphatic carbocycles. The van der Waals surface area contributed by atoms with Gasteiger partial charge in [0.25, 0.3) is 5.92 Å². The van der Waals surface area contributed by atoms with E-state index in [2.05, 4.69) is 0 Å². The van der Waals surface area contributed by atoms with E-state index in [1.54, 1.807) is 0 Å². The third kappa shape index (κ3) is 3.98. The summed E-state index contributed by atoms with van der Waals surface area (Å²) in [6.45, 7) is 5.87. The molecule has 0 amide bonds. The van der Waals surface area contributed by atoms with Crippen LogP contribution in [0, 0.1) is 11.8 Å². The molecule has 0 saturated carbocycles. The molecule has 0 aromatic rings. The van der Waals surface area contributed by atoms with Gasteiger partial charge in [0.1, 0.15) is 0 Å². The molecular weight excluding hydrogens is 210 g/mol. The lowest BCUT2D eigenvalue weighted by molar-refractivity contribution is -0.112. The number of nitrogens with two attached hydrogens (primary N) is 1. The summed E-state index contributed by atoms with van der Waals surface area (Å²) in [7, 11) is 0. The average Bonchev–Trinajstić information content (AvgIpc) is 2.14. The summed E-state index contributed by atoms with van der Waals surface area (Å²) in [6.07, 6.45) is 1.87. The minimum atomic E-state index is -2.54. The van der Waals surface area contributed by atoms with E-state index in [0.717, 1.165) is 6.54 Å². The van der Waals surface area contributed by atoms with Crippen molar-refractivity contribution < 1.29 is 8.78 Å². The largest absolute Gasteiger partial charge is 0.330 e. The van der Waals surface area contributed by atoms with Crippen LogP contribution in [0.15, 0.2) is 0 Å². The van der Waals surface area contributed by atoms with Crippen molar-refractivity contribution in [3.63, 3.8) is 0 Å². The zero-order chi connectivity index (χ0) is 12.2. The Bertz CT molecular complexity index is 207. The minimum absolute atomic E-state index is 0.0899. The molecule has 1 unspecified atom stereocenters. The van der Waals surface area contributed by atoms with E-state index in [1.807, 2.05) is 18.7 Å². The van der Waals surface area contributed by atoms with E-state index in [4.69, 9.17) is 5.73 Å². The van der Waals surface area contributed by atoms with Crippen LogP contribution in [-0.4, -0.2) is 37.0 Å². The zero-order valence-corrected chi connectivity index (χ0v) is 10.3. The highest BCUT2D eigenvalue weighted by Crippen LogP contribution is 2.35. The quantitative estimate of drug-likeness (QED) is 0.789. The number of hydrogen-bond donors (Lipinski definition) is 1. The molecule has 95 valence electrons. The van der Waals surface area contributed by atoms with Crippen LogP contribution in [0.1, 0.15) is 33.1 Å². The minimum Gasteiger partial charge on any atom is -0.330 e. The van der Waals surface area contributed by atoms with Gasteiger partial charge in [-0.25, -0.2) is 8.78 Å². The highest BCUT2D eigenvalue weighted by Gasteiger charge is 2.43. The van der Waals surface area contributed by atoms with Gasteiger partial charge < -0.3 is 5.73 Å². The van der Waals surface area contributed by atoms with Crippen molar-refractivity contribution in [3.05, 3.63) is 5.92 Å². The molecule has 0 bridgehead atoms. The maximum Gasteiger partial charge on any atom is 0.263 e. The van der Waals surface area contributed by atoms with E-state index in [-0.39, 0.29) is 6.54 Å². The van der Waals surface area contributed by atoms with E-state index in [9.17, 15) is 8.78 Å². The number of rotatable bonds is 5. The van der Waals surface area contributed by atoms with E-state index >= 15 is 0 Å². The Morgan fingerprint density at radius 3 is 2.62 bits per heavy atom. The molecule has 1 rings (SSSR count). The fraction of sp³-hybridized carbons (Fsp3) is 0.917. The third-order valence-corrected chi connectivity index (χ3v) is 3.12. The standard InChI is InChI=1S/C12H23F2N2/c1-10(2)8-16-7-5-11(4-3-6-15)12(13,14)9-16/h11H,3-9,15H2,1-2H3. The predicted octanol–water partition coefficient (Wildman–Crippen LogP) is 2.30. The highest BCUT2D eigenvalue weighted by atomic mass is 19.3. The zero-order valence-electron chi connectivity index (χ0n) is 10.3. The predicted molar refractivity (Wildman–Crippen MR) is 62.4 cm³/mol. The maximum absolute atomic E-state index is 13.8. The number of piperidine rings is 1. The second kappa shape index (κ2) is 5.92. The third-order valence-electron chi connectivity index (χ3n) is 3.12. The molecule has 1 radical (unpaired) electrons. The highest BCUT2D eigenvalue weighted by molar-refractivity contribution is 4.91. The van der Waals surface area contributed by atoms with Crippen molar-refractivity contribution in [2.75, 3.05) is 26.2 Å². The number of hydrogen-bond acceptors (Lipinski definition) is 2. The van der Waals surface area contributed by atoms with E-state index in [0.29, 0.717) is 32.4 Å². The topological polar surface area (TPSA) is 29.3 Å². The average molecular weight is 233 g/mol. The van der Waals surface area contributed by atoms with Crippen LogP contribution in [0.2, 0.25) is 0 Å². The molecule has 2 nitrogen and oxygen atoms in total. The summed E-state index contributed by atoms with van der Waals surface area (Å²) in [6, 6.07) is 0. The number of alkyl halides is 2. The van der Waals surface area contributed by atoms with Gasteiger partial charge in [-0.15, -0.1) is 0 Å². The van der Waals surface area contributed by atoms with Crippen molar-refractivity contribution in [3.8, 4) is 0 Å². The van der Waals surface area contributed by atoms with E-state index < -0.39 is 11.8 Å². The number of nitrogens with zero attached hydrogens (tertiary/aromatic N) is 1. The van der Waals surface area contributed by atoms with Crippen LogP contribution in [0.4, 0.5) is 8.78 Å². The summed E-state index contributed by atoms with van der Waals surface area (Å²) in [5.74, 6) is -1.82. The first-order valence-corrected chi connectivity index (χ1v) is 6.05. The van der Waals surface area contributed by atoms with Gasteiger partial charge in [-0.3, -0.25) is 4.90 Å². The van der Waals surface area contributed by atoms with Crippen LogP contribution in [0.3, 0.4) is 0 Å². The molecule has 2 N–H and O–H groups in total. The first-order chi connectivity index (χ1) is 7.45. The SMILES string of the molecule is C[C](C)CN1CCC(CCCN)C(F)(F)C1. The summed E-state index contributed by atoms with van der Waals surface area (Å²) in [5, 5.41) is 0. The lowest BCUT2D eigenvalue weighted by Gasteiger charge is -2.39. The Kier molecular flexibility index (Phi) is 5.12. The number of halogens is 2. The molecule has 0 aromatic heterocycles. The van der Waals surface area contributed by atoms with Gasteiger partial charge in [-0.05, 0) is 38.3 Å². The maximum atomic E-state index is 13.8. The van der Waals surface area contributed by atoms with E-state index in [1.165, 1.54) is 5.92 Å². The Morgan fingerprint density at radius 1 is 1.44 bits per heavy atom. The molecule has 1 aliphatic heterocycles. The second-order valence-electron chi connectivity index (χ2n) is 5.10. The molecule has 1 fully saturated rings. The Labute approximate surface area is 97.2 Å². The van der Waals surface area contributed by atoms with Crippen LogP contribution in [0.5, 0.6) is 0 Å². The number of likely N-dealkylation sites (tertiary alicyclic amines) is 1. The Balaban J connectivity index is 2.45. The fourth-order valence-electron chi connectivity index (χ4n) is 2.36. The monoisotopic (exact) mass is 233 g/mol. The van der Waals surface area contributed by atoms with Crippen molar-refractivity contribution in [2.24, 2.45) is 11.7 Å². The second-order valence-corrected chi connectivity index (χ2v) is 5.10. The summed E-state index contributed by atoms with van der Waals surface area (Å²) >= 11 is 0. The molecule has 1 aliphatic rings. The van der Waals surface area contributed by atoms with Gasteiger partial charge >= 0.3 is 0 Å². The van der Waals surface area contributed by atoms with Gasteiger partial charge in [0.2, 0.25) is 0 Å². The summed E-state index contributed by atoms with van der Waals surface area (Å²) in [5.41, 5.74) is 5.37. The first kappa shape index (κ1) is 13.8. The summed E-state index contributed by atoms with van der Waals surface area (Å²) in [4.78, 5) is 1.86. The lowest BCUT2D eigenvalue weighted by Crippen LogP contribution is -2.49. The molecular formula is C12H23F2N2. The van der Waals surface area contributed by atoms with Crippen LogP contribution in [-0.2, 0) is 0 Å². The van der Waals surface area contributed by atoms with Crippen molar-refractivity contribution in [2.45, 2.75) is 39.0 Å². The smallest absolute Gasteiger partial charge is 0.263 e. The van der Waals surface area contributed by atoms with Gasteiger partial charge in [-0.2, -0.15) is 0 Å². The van der Waals surface area contributed by atoms with Gasteiger partial charge in [-0.1, -0.05) is 13.8 Å². The molecule has 0 aromatic carbocycles.